The van der Waals surface area contributed by atoms with E-state index in [9.17, 15) is 13.2 Å². The standard InChI is InChI=1S/C18H28ClN2O3S/c1-2-3-4-5-6-7-8-9-10-11-18(22)21-15-12-13-16(19)17(14-15)25(20,23)24/h12-14,20H,2-11H2,1H3,(H,21,22). The third-order valence-electron chi connectivity index (χ3n) is 4.01. The molecule has 25 heavy (non-hydrogen) atoms. The van der Waals surface area contributed by atoms with Gasteiger partial charge in [-0.2, -0.15) is 0 Å². The zero-order chi connectivity index (χ0) is 18.7. The molecule has 0 fully saturated rings. The van der Waals surface area contributed by atoms with Crippen molar-refractivity contribution in [2.45, 2.75) is 76.0 Å². The SMILES string of the molecule is CCCCCCCCCCCC(=O)Nc1ccc(Cl)c(S([NH])(=O)=O)c1. The first-order chi connectivity index (χ1) is 11.8. The molecule has 0 saturated heterocycles. The van der Waals surface area contributed by atoms with Gasteiger partial charge < -0.3 is 5.32 Å². The van der Waals surface area contributed by atoms with Crippen molar-refractivity contribution in [3.63, 3.8) is 0 Å². The van der Waals surface area contributed by atoms with Crippen LogP contribution in [-0.4, -0.2) is 14.3 Å². The van der Waals surface area contributed by atoms with Crippen molar-refractivity contribution in [3.05, 3.63) is 23.2 Å². The average molecular weight is 388 g/mol. The maximum absolute atomic E-state index is 11.9. The van der Waals surface area contributed by atoms with E-state index < -0.39 is 10.0 Å². The van der Waals surface area contributed by atoms with Gasteiger partial charge in [0.1, 0.15) is 4.90 Å². The molecule has 0 atom stereocenters. The summed E-state index contributed by atoms with van der Waals surface area (Å²) < 4.78 is 22.6. The second kappa shape index (κ2) is 11.5. The summed E-state index contributed by atoms with van der Waals surface area (Å²) in [6, 6.07) is 4.13. The molecule has 0 spiro atoms. The number of carbonyl (C=O) groups excluding carboxylic acids is 1. The van der Waals surface area contributed by atoms with Crippen LogP contribution in [0.15, 0.2) is 23.1 Å². The van der Waals surface area contributed by atoms with Crippen LogP contribution in [0.5, 0.6) is 0 Å². The van der Waals surface area contributed by atoms with Gasteiger partial charge in [-0.3, -0.25) is 4.79 Å². The Morgan fingerprint density at radius 3 is 2.16 bits per heavy atom. The van der Waals surface area contributed by atoms with Crippen LogP contribution >= 0.6 is 11.6 Å². The fourth-order valence-electron chi connectivity index (χ4n) is 2.61. The predicted molar refractivity (Wildman–Crippen MR) is 102 cm³/mol. The lowest BCUT2D eigenvalue weighted by Gasteiger charge is -2.08. The number of anilines is 1. The van der Waals surface area contributed by atoms with E-state index in [4.69, 9.17) is 16.7 Å². The molecule has 0 aromatic heterocycles. The molecule has 0 saturated carbocycles. The van der Waals surface area contributed by atoms with E-state index in [-0.39, 0.29) is 15.8 Å². The summed E-state index contributed by atoms with van der Waals surface area (Å²) in [7, 11) is -4.16. The first kappa shape index (κ1) is 21.9. The third-order valence-corrected chi connectivity index (χ3v) is 5.37. The second-order valence-electron chi connectivity index (χ2n) is 6.28. The first-order valence-electron chi connectivity index (χ1n) is 8.93. The molecule has 7 heteroatoms. The summed E-state index contributed by atoms with van der Waals surface area (Å²) in [5.41, 5.74) is 0.344. The zero-order valence-corrected chi connectivity index (χ0v) is 16.4. The number of amides is 1. The van der Waals surface area contributed by atoms with Gasteiger partial charge in [0, 0.05) is 12.1 Å². The van der Waals surface area contributed by atoms with E-state index in [1.807, 2.05) is 0 Å². The summed E-state index contributed by atoms with van der Waals surface area (Å²) in [6.07, 6.45) is 11.1. The van der Waals surface area contributed by atoms with E-state index in [1.165, 1.54) is 56.7 Å². The van der Waals surface area contributed by atoms with E-state index in [1.54, 1.807) is 0 Å². The minimum Gasteiger partial charge on any atom is -0.326 e. The largest absolute Gasteiger partial charge is 0.326 e. The lowest BCUT2D eigenvalue weighted by molar-refractivity contribution is -0.116. The summed E-state index contributed by atoms with van der Waals surface area (Å²) in [4.78, 5) is 11.6. The molecular weight excluding hydrogens is 360 g/mol. The highest BCUT2D eigenvalue weighted by Crippen LogP contribution is 2.24. The number of benzene rings is 1. The third kappa shape index (κ3) is 9.23. The Labute approximate surface area is 156 Å². The van der Waals surface area contributed by atoms with E-state index in [0.717, 1.165) is 19.3 Å². The highest BCUT2D eigenvalue weighted by Gasteiger charge is 2.15. The van der Waals surface area contributed by atoms with Crippen LogP contribution in [0.2, 0.25) is 5.02 Å². The Balaban J connectivity index is 2.27. The van der Waals surface area contributed by atoms with Crippen LogP contribution in [0.3, 0.4) is 0 Å². The molecule has 2 N–H and O–H groups in total. The maximum Gasteiger partial charge on any atom is 0.255 e. The Morgan fingerprint density at radius 1 is 1.04 bits per heavy atom. The van der Waals surface area contributed by atoms with Crippen LogP contribution in [0, 0.1) is 0 Å². The van der Waals surface area contributed by atoms with Gasteiger partial charge in [0.15, 0.2) is 0 Å². The summed E-state index contributed by atoms with van der Waals surface area (Å²) in [5, 5.41) is 9.74. The normalized spacial score (nSPS) is 11.5. The van der Waals surface area contributed by atoms with Crippen molar-refractivity contribution in [1.82, 2.24) is 5.14 Å². The van der Waals surface area contributed by atoms with Crippen molar-refractivity contribution in [2.75, 3.05) is 5.32 Å². The second-order valence-corrected chi connectivity index (χ2v) is 8.13. The molecule has 0 aliphatic carbocycles. The molecule has 141 valence electrons. The topological polar surface area (TPSA) is 87.0 Å². The molecule has 1 rings (SSSR count). The van der Waals surface area contributed by atoms with Crippen LogP contribution in [0.1, 0.15) is 71.1 Å². The molecule has 1 aromatic carbocycles. The van der Waals surface area contributed by atoms with Crippen molar-refractivity contribution in [1.29, 1.82) is 0 Å². The fourth-order valence-corrected chi connectivity index (χ4v) is 3.64. The van der Waals surface area contributed by atoms with E-state index in [0.29, 0.717) is 12.1 Å². The van der Waals surface area contributed by atoms with Gasteiger partial charge in [-0.25, -0.2) is 8.42 Å². The Kier molecular flexibility index (Phi) is 10.1. The molecule has 5 nitrogen and oxygen atoms in total. The molecule has 0 aliphatic heterocycles. The number of unbranched alkanes of at least 4 members (excludes halogenated alkanes) is 8. The van der Waals surface area contributed by atoms with Gasteiger partial charge in [-0.1, -0.05) is 69.9 Å². The van der Waals surface area contributed by atoms with Crippen molar-refractivity contribution in [3.8, 4) is 0 Å². The van der Waals surface area contributed by atoms with E-state index in [2.05, 4.69) is 12.2 Å². The van der Waals surface area contributed by atoms with Crippen LogP contribution in [-0.2, 0) is 14.8 Å². The van der Waals surface area contributed by atoms with Gasteiger partial charge in [-0.15, -0.1) is 5.14 Å². The predicted octanol–water partition coefficient (Wildman–Crippen LogP) is 5.17. The summed E-state index contributed by atoms with van der Waals surface area (Å²) >= 11 is 5.78. The number of halogens is 1. The first-order valence-corrected chi connectivity index (χ1v) is 10.8. The smallest absolute Gasteiger partial charge is 0.255 e. The van der Waals surface area contributed by atoms with Gasteiger partial charge >= 0.3 is 0 Å². The monoisotopic (exact) mass is 387 g/mol. The number of hydrogen-bond acceptors (Lipinski definition) is 3. The molecule has 0 heterocycles. The van der Waals surface area contributed by atoms with Crippen molar-refractivity contribution in [2.24, 2.45) is 0 Å². The molecule has 1 aromatic rings. The highest BCUT2D eigenvalue weighted by molar-refractivity contribution is 7.89. The number of nitrogens with one attached hydrogen (secondary N) is 2. The minimum absolute atomic E-state index is 0.0214. The minimum atomic E-state index is -4.16. The quantitative estimate of drug-likeness (QED) is 0.501. The molecular formula is C18H28ClN2O3S. The molecule has 0 unspecified atom stereocenters. The number of rotatable bonds is 12. The van der Waals surface area contributed by atoms with Crippen molar-refractivity contribution < 1.29 is 13.2 Å². The van der Waals surface area contributed by atoms with Gasteiger partial charge in [-0.05, 0) is 24.6 Å². The molecule has 0 aliphatic rings. The Morgan fingerprint density at radius 2 is 1.60 bits per heavy atom. The van der Waals surface area contributed by atoms with E-state index >= 15 is 0 Å². The van der Waals surface area contributed by atoms with Gasteiger partial charge in [0.25, 0.3) is 10.0 Å². The zero-order valence-electron chi connectivity index (χ0n) is 14.8. The average Bonchev–Trinajstić information content (AvgIpc) is 2.54. The molecule has 0 bridgehead atoms. The highest BCUT2D eigenvalue weighted by atomic mass is 35.5. The summed E-state index contributed by atoms with van der Waals surface area (Å²) in [6.45, 7) is 2.21. The van der Waals surface area contributed by atoms with Crippen LogP contribution in [0.25, 0.3) is 0 Å². The lowest BCUT2D eigenvalue weighted by Crippen LogP contribution is -2.12. The number of hydrogen-bond donors (Lipinski definition) is 1. The van der Waals surface area contributed by atoms with Gasteiger partial charge in [0.2, 0.25) is 5.91 Å². The van der Waals surface area contributed by atoms with Crippen molar-refractivity contribution >= 4 is 33.2 Å². The Bertz CT molecular complexity index is 648. The van der Waals surface area contributed by atoms with Gasteiger partial charge in [0.05, 0.1) is 5.02 Å². The maximum atomic E-state index is 11.9. The lowest BCUT2D eigenvalue weighted by atomic mass is 10.1. The number of carbonyl (C=O) groups is 1. The van der Waals surface area contributed by atoms with Crippen LogP contribution < -0.4 is 10.5 Å². The molecule has 1 amide bonds. The van der Waals surface area contributed by atoms with Crippen LogP contribution in [0.4, 0.5) is 5.69 Å². The summed E-state index contributed by atoms with van der Waals surface area (Å²) in [5.74, 6) is -0.154. The fraction of sp³-hybridized carbons (Fsp3) is 0.611. The Hall–Kier alpha value is -1.11. The molecule has 1 radical (unpaired) electrons. The number of sulfonamides is 1.